The first-order valence-electron chi connectivity index (χ1n) is 5.80. The van der Waals surface area contributed by atoms with Crippen molar-refractivity contribution in [2.45, 2.75) is 25.7 Å². The van der Waals surface area contributed by atoms with Gasteiger partial charge in [0, 0.05) is 12.8 Å². The van der Waals surface area contributed by atoms with Gasteiger partial charge in [0.2, 0.25) is 0 Å². The Labute approximate surface area is 89.9 Å². The molecular weight excluding hydrogens is 190 g/mol. The number of hydrogen-bond donors (Lipinski definition) is 0. The second kappa shape index (κ2) is 3.09. The normalized spacial score (nSPS) is 39.6. The van der Waals surface area contributed by atoms with E-state index in [9.17, 15) is 5.21 Å². The zero-order valence-corrected chi connectivity index (χ0v) is 9.11. The SMILES string of the molecule is Cc1ccc(C2C[N+]3([O-])CCC2CC3)o1. The summed E-state index contributed by atoms with van der Waals surface area (Å²) in [6.07, 6.45) is 2.15. The number of aryl methyl sites for hydroxylation is 1. The zero-order valence-electron chi connectivity index (χ0n) is 9.11. The number of quaternary nitrogens is 1. The van der Waals surface area contributed by atoms with Crippen LogP contribution in [-0.2, 0) is 0 Å². The molecule has 0 spiro atoms. The highest BCUT2D eigenvalue weighted by Gasteiger charge is 2.43. The third-order valence-corrected chi connectivity index (χ3v) is 4.04. The number of nitrogens with zero attached hydrogens (tertiary/aromatic N) is 1. The lowest BCUT2D eigenvalue weighted by Gasteiger charge is -2.55. The van der Waals surface area contributed by atoms with Gasteiger partial charge in [-0.3, -0.25) is 0 Å². The molecule has 1 unspecified atom stereocenters. The van der Waals surface area contributed by atoms with E-state index in [1.54, 1.807) is 0 Å². The fourth-order valence-corrected chi connectivity index (χ4v) is 3.13. The average Bonchev–Trinajstić information content (AvgIpc) is 2.65. The quantitative estimate of drug-likeness (QED) is 0.523. The van der Waals surface area contributed by atoms with E-state index in [-0.39, 0.29) is 4.65 Å². The summed E-state index contributed by atoms with van der Waals surface area (Å²) in [6, 6.07) is 4.05. The van der Waals surface area contributed by atoms with Crippen LogP contribution < -0.4 is 0 Å². The van der Waals surface area contributed by atoms with E-state index in [0.717, 1.165) is 44.0 Å². The maximum atomic E-state index is 12.2. The molecule has 82 valence electrons. The summed E-state index contributed by atoms with van der Waals surface area (Å²) >= 11 is 0. The first-order valence-corrected chi connectivity index (χ1v) is 5.80. The van der Waals surface area contributed by atoms with Crippen molar-refractivity contribution in [3.05, 3.63) is 28.9 Å². The Kier molecular flexibility index (Phi) is 1.94. The van der Waals surface area contributed by atoms with Crippen molar-refractivity contribution >= 4 is 0 Å². The van der Waals surface area contributed by atoms with Crippen LogP contribution in [0.5, 0.6) is 0 Å². The van der Waals surface area contributed by atoms with Crippen LogP contribution in [0.4, 0.5) is 0 Å². The molecule has 3 aliphatic rings. The molecule has 3 aliphatic heterocycles. The second-order valence-corrected chi connectivity index (χ2v) is 5.08. The van der Waals surface area contributed by atoms with E-state index in [1.165, 1.54) is 0 Å². The van der Waals surface area contributed by atoms with Gasteiger partial charge in [-0.15, -0.1) is 0 Å². The lowest BCUT2D eigenvalue weighted by molar-refractivity contribution is -0.898. The summed E-state index contributed by atoms with van der Waals surface area (Å²) in [5.41, 5.74) is 0. The third-order valence-electron chi connectivity index (χ3n) is 4.04. The number of furan rings is 1. The maximum absolute atomic E-state index is 12.2. The highest BCUT2D eigenvalue weighted by Crippen LogP contribution is 2.42. The van der Waals surface area contributed by atoms with Crippen molar-refractivity contribution in [2.75, 3.05) is 19.6 Å². The van der Waals surface area contributed by atoms with Crippen LogP contribution in [-0.4, -0.2) is 24.3 Å². The van der Waals surface area contributed by atoms with Gasteiger partial charge in [-0.1, -0.05) is 0 Å². The molecule has 0 aromatic carbocycles. The molecule has 3 heteroatoms. The molecule has 2 bridgehead atoms. The molecular formula is C12H17NO2. The highest BCUT2D eigenvalue weighted by molar-refractivity contribution is 5.13. The summed E-state index contributed by atoms with van der Waals surface area (Å²) < 4.78 is 5.69. The molecule has 1 atom stereocenters. The summed E-state index contributed by atoms with van der Waals surface area (Å²) in [5, 5.41) is 12.2. The predicted molar refractivity (Wildman–Crippen MR) is 57.1 cm³/mol. The minimum absolute atomic E-state index is 0.0148. The lowest BCUT2D eigenvalue weighted by atomic mass is 9.77. The van der Waals surface area contributed by atoms with Crippen molar-refractivity contribution in [3.8, 4) is 0 Å². The first-order chi connectivity index (χ1) is 7.16. The Hall–Kier alpha value is -0.800. The van der Waals surface area contributed by atoms with Gasteiger partial charge in [0.1, 0.15) is 11.5 Å². The van der Waals surface area contributed by atoms with Gasteiger partial charge in [-0.25, -0.2) is 0 Å². The second-order valence-electron chi connectivity index (χ2n) is 5.08. The number of hydroxylamine groups is 3. The minimum atomic E-state index is 0.0148. The van der Waals surface area contributed by atoms with E-state index in [2.05, 4.69) is 0 Å². The molecule has 0 amide bonds. The fraction of sp³-hybridized carbons (Fsp3) is 0.667. The monoisotopic (exact) mass is 207 g/mol. The van der Waals surface area contributed by atoms with Crippen LogP contribution in [0.25, 0.3) is 0 Å². The molecule has 0 saturated carbocycles. The predicted octanol–water partition coefficient (Wildman–Crippen LogP) is 2.41. The van der Waals surface area contributed by atoms with Crippen LogP contribution >= 0.6 is 0 Å². The average molecular weight is 207 g/mol. The van der Waals surface area contributed by atoms with Crippen LogP contribution in [0.1, 0.15) is 30.3 Å². The Balaban J connectivity index is 1.88. The van der Waals surface area contributed by atoms with Gasteiger partial charge in [-0.05, 0) is 25.0 Å². The van der Waals surface area contributed by atoms with Crippen LogP contribution in [0.2, 0.25) is 0 Å². The van der Waals surface area contributed by atoms with Crippen molar-refractivity contribution in [3.63, 3.8) is 0 Å². The van der Waals surface area contributed by atoms with Gasteiger partial charge >= 0.3 is 0 Å². The molecule has 0 aliphatic carbocycles. The van der Waals surface area contributed by atoms with Gasteiger partial charge in [0.05, 0.1) is 25.6 Å². The summed E-state index contributed by atoms with van der Waals surface area (Å²) in [5.74, 6) is 3.05. The Bertz CT molecular complexity index is 363. The number of rotatable bonds is 1. The fourth-order valence-electron chi connectivity index (χ4n) is 3.13. The Morgan fingerprint density at radius 2 is 2.07 bits per heavy atom. The molecule has 3 saturated heterocycles. The van der Waals surface area contributed by atoms with Gasteiger partial charge in [-0.2, -0.15) is 0 Å². The minimum Gasteiger partial charge on any atom is -0.633 e. The van der Waals surface area contributed by atoms with E-state index in [0.29, 0.717) is 11.8 Å². The number of hydrogen-bond acceptors (Lipinski definition) is 2. The molecule has 4 rings (SSSR count). The number of fused-ring (bicyclic) bond motifs is 3. The largest absolute Gasteiger partial charge is 0.633 e. The zero-order chi connectivity index (χ0) is 10.5. The Morgan fingerprint density at radius 3 is 2.60 bits per heavy atom. The standard InChI is InChI=1S/C12H17NO2/c1-9-2-3-12(15-9)11-8-13(14)6-4-10(11)5-7-13/h2-3,10-11H,4-8H2,1H3. The van der Waals surface area contributed by atoms with Gasteiger partial charge < -0.3 is 14.3 Å². The van der Waals surface area contributed by atoms with E-state index >= 15 is 0 Å². The maximum Gasteiger partial charge on any atom is 0.113 e. The molecule has 0 N–H and O–H groups in total. The van der Waals surface area contributed by atoms with E-state index in [1.807, 2.05) is 19.1 Å². The number of piperidine rings is 3. The van der Waals surface area contributed by atoms with Crippen molar-refractivity contribution in [2.24, 2.45) is 5.92 Å². The Morgan fingerprint density at radius 1 is 1.33 bits per heavy atom. The smallest absolute Gasteiger partial charge is 0.113 e. The van der Waals surface area contributed by atoms with Gasteiger partial charge in [0.15, 0.2) is 0 Å². The highest BCUT2D eigenvalue weighted by atomic mass is 16.5. The van der Waals surface area contributed by atoms with E-state index in [4.69, 9.17) is 4.42 Å². The van der Waals surface area contributed by atoms with Crippen LogP contribution in [0, 0.1) is 18.0 Å². The molecule has 1 aromatic rings. The molecule has 1 aromatic heterocycles. The molecule has 0 radical (unpaired) electrons. The molecule has 3 fully saturated rings. The summed E-state index contributed by atoms with van der Waals surface area (Å²) in [7, 11) is 0. The van der Waals surface area contributed by atoms with Crippen LogP contribution in [0.15, 0.2) is 16.5 Å². The third kappa shape index (κ3) is 1.50. The molecule has 15 heavy (non-hydrogen) atoms. The molecule has 4 heterocycles. The van der Waals surface area contributed by atoms with Crippen molar-refractivity contribution in [1.82, 2.24) is 0 Å². The van der Waals surface area contributed by atoms with Crippen molar-refractivity contribution < 1.29 is 9.06 Å². The van der Waals surface area contributed by atoms with Crippen molar-refractivity contribution in [1.29, 1.82) is 0 Å². The topological polar surface area (TPSA) is 36.2 Å². The first kappa shape index (κ1) is 9.43. The van der Waals surface area contributed by atoms with E-state index < -0.39 is 0 Å². The summed E-state index contributed by atoms with van der Waals surface area (Å²) in [4.78, 5) is 0. The van der Waals surface area contributed by atoms with Gasteiger partial charge in [0.25, 0.3) is 0 Å². The summed E-state index contributed by atoms with van der Waals surface area (Å²) in [6.45, 7) is 4.34. The lowest BCUT2D eigenvalue weighted by Crippen LogP contribution is -2.57. The van der Waals surface area contributed by atoms with Crippen LogP contribution in [0.3, 0.4) is 0 Å². The molecule has 3 nitrogen and oxygen atoms in total.